The lowest BCUT2D eigenvalue weighted by atomic mass is 10.2. The molecule has 0 atom stereocenters. The second kappa shape index (κ2) is 9.10. The fourth-order valence-electron chi connectivity index (χ4n) is 2.64. The van der Waals surface area contributed by atoms with Crippen LogP contribution in [0.5, 0.6) is 11.5 Å². The molecule has 0 bridgehead atoms. The van der Waals surface area contributed by atoms with Gasteiger partial charge in [-0.05, 0) is 55.7 Å². The lowest BCUT2D eigenvalue weighted by molar-refractivity contribution is 0.0976. The van der Waals surface area contributed by atoms with Gasteiger partial charge in [0.15, 0.2) is 0 Å². The molecule has 1 heterocycles. The highest BCUT2D eigenvalue weighted by molar-refractivity contribution is 6.05. The number of nitrogens with zero attached hydrogens (tertiary/aromatic N) is 2. The number of aryl methyl sites for hydroxylation is 1. The summed E-state index contributed by atoms with van der Waals surface area (Å²) in [6, 6.07) is 14.7. The summed E-state index contributed by atoms with van der Waals surface area (Å²) in [6.07, 6.45) is 2.21. The molecule has 1 aliphatic heterocycles. The second-order valence-electron chi connectivity index (χ2n) is 5.99. The van der Waals surface area contributed by atoms with Crippen LogP contribution in [0.2, 0.25) is 0 Å². The van der Waals surface area contributed by atoms with E-state index in [0.29, 0.717) is 11.3 Å². The normalized spacial score (nSPS) is 13.9. The van der Waals surface area contributed by atoms with Crippen molar-refractivity contribution in [3.05, 3.63) is 59.7 Å². The standard InChI is InChI=1S/C19H22N4O2.ClH/c1-14-6-2-3-7-17(14)25-16-10-8-15(9-11-16)18(24)21-19(20)22-23-12-4-5-13-23;/h2-3,6-11H,4-5,12-13H2,1H3,(H3,20,21,22,24);1H. The minimum atomic E-state index is -0.289. The summed E-state index contributed by atoms with van der Waals surface area (Å²) in [5.74, 6) is 1.29. The number of carbonyl (C=O) groups excluding carboxylic acids is 1. The Kier molecular flexibility index (Phi) is 6.86. The summed E-state index contributed by atoms with van der Waals surface area (Å²) in [4.78, 5) is 12.2. The van der Waals surface area contributed by atoms with E-state index >= 15 is 0 Å². The molecule has 7 heteroatoms. The first-order valence-electron chi connectivity index (χ1n) is 8.36. The van der Waals surface area contributed by atoms with Crippen molar-refractivity contribution in [3.8, 4) is 11.5 Å². The number of amides is 1. The van der Waals surface area contributed by atoms with Crippen molar-refractivity contribution in [3.63, 3.8) is 0 Å². The third kappa shape index (κ3) is 5.13. The number of nitrogens with one attached hydrogen (secondary N) is 1. The molecule has 2 aromatic rings. The van der Waals surface area contributed by atoms with E-state index in [1.54, 1.807) is 24.3 Å². The van der Waals surface area contributed by atoms with Crippen molar-refractivity contribution in [2.75, 3.05) is 13.1 Å². The van der Waals surface area contributed by atoms with E-state index in [1.165, 1.54) is 0 Å². The van der Waals surface area contributed by atoms with E-state index < -0.39 is 0 Å². The summed E-state index contributed by atoms with van der Waals surface area (Å²) >= 11 is 0. The number of ether oxygens (including phenoxy) is 1. The van der Waals surface area contributed by atoms with E-state index in [9.17, 15) is 4.79 Å². The van der Waals surface area contributed by atoms with Crippen molar-refractivity contribution >= 4 is 24.3 Å². The van der Waals surface area contributed by atoms with Gasteiger partial charge in [0, 0.05) is 18.7 Å². The minimum Gasteiger partial charge on any atom is -0.457 e. The third-order valence-electron chi connectivity index (χ3n) is 4.01. The third-order valence-corrected chi connectivity index (χ3v) is 4.01. The molecule has 1 amide bonds. The van der Waals surface area contributed by atoms with Gasteiger partial charge in [0.25, 0.3) is 5.91 Å². The number of hydrazone groups is 1. The Balaban J connectivity index is 0.00000243. The smallest absolute Gasteiger partial charge is 0.257 e. The lowest BCUT2D eigenvalue weighted by Gasteiger charge is -2.12. The maximum absolute atomic E-state index is 12.2. The van der Waals surface area contributed by atoms with Crippen molar-refractivity contribution < 1.29 is 9.53 Å². The Bertz CT molecular complexity index is 771. The maximum Gasteiger partial charge on any atom is 0.257 e. The molecule has 0 aromatic heterocycles. The Labute approximate surface area is 159 Å². The van der Waals surface area contributed by atoms with Gasteiger partial charge < -0.3 is 10.5 Å². The van der Waals surface area contributed by atoms with Crippen molar-refractivity contribution in [1.82, 2.24) is 10.3 Å². The monoisotopic (exact) mass is 374 g/mol. The summed E-state index contributed by atoms with van der Waals surface area (Å²) in [6.45, 7) is 3.74. The van der Waals surface area contributed by atoms with Crippen molar-refractivity contribution in [2.45, 2.75) is 19.8 Å². The van der Waals surface area contributed by atoms with Gasteiger partial charge in [-0.1, -0.05) is 18.2 Å². The molecular weight excluding hydrogens is 352 g/mol. The topological polar surface area (TPSA) is 79.9 Å². The predicted molar refractivity (Wildman–Crippen MR) is 105 cm³/mol. The van der Waals surface area contributed by atoms with Crippen LogP contribution in [-0.2, 0) is 0 Å². The molecular formula is C19H23ClN4O2. The van der Waals surface area contributed by atoms with Crippen molar-refractivity contribution in [2.24, 2.45) is 10.8 Å². The van der Waals surface area contributed by atoms with Crippen LogP contribution in [0.25, 0.3) is 0 Å². The zero-order chi connectivity index (χ0) is 17.6. The minimum absolute atomic E-state index is 0. The number of guanidine groups is 1. The number of benzene rings is 2. The van der Waals surface area contributed by atoms with Crippen LogP contribution >= 0.6 is 12.4 Å². The lowest BCUT2D eigenvalue weighted by Crippen LogP contribution is -2.38. The average molecular weight is 375 g/mol. The SMILES string of the molecule is Cc1ccccc1Oc1ccc(C(=O)N/C(N)=N/N2CCCC2)cc1.Cl. The molecule has 0 aliphatic carbocycles. The van der Waals surface area contributed by atoms with Gasteiger partial charge in [-0.15, -0.1) is 17.5 Å². The molecule has 1 fully saturated rings. The number of halogens is 1. The van der Waals surface area contributed by atoms with Gasteiger partial charge in [-0.25, -0.2) is 0 Å². The number of rotatable bonds is 4. The molecule has 1 saturated heterocycles. The van der Waals surface area contributed by atoms with Crippen molar-refractivity contribution in [1.29, 1.82) is 0 Å². The predicted octanol–water partition coefficient (Wildman–Crippen LogP) is 3.26. The molecule has 6 nitrogen and oxygen atoms in total. The highest BCUT2D eigenvalue weighted by Crippen LogP contribution is 2.24. The molecule has 138 valence electrons. The van der Waals surface area contributed by atoms with Gasteiger partial charge in [0.05, 0.1) is 0 Å². The highest BCUT2D eigenvalue weighted by Gasteiger charge is 2.12. The van der Waals surface area contributed by atoms with Gasteiger partial charge >= 0.3 is 0 Å². The van der Waals surface area contributed by atoms with Crippen LogP contribution in [0.3, 0.4) is 0 Å². The van der Waals surface area contributed by atoms with Crippen LogP contribution < -0.4 is 15.8 Å². The molecule has 3 N–H and O–H groups in total. The van der Waals surface area contributed by atoms with E-state index in [4.69, 9.17) is 10.5 Å². The first-order valence-corrected chi connectivity index (χ1v) is 8.36. The molecule has 0 saturated carbocycles. The Morgan fingerprint density at radius 3 is 2.42 bits per heavy atom. The van der Waals surface area contributed by atoms with Crippen LogP contribution in [0.15, 0.2) is 53.6 Å². The Morgan fingerprint density at radius 2 is 1.77 bits per heavy atom. The zero-order valence-electron chi connectivity index (χ0n) is 14.6. The average Bonchev–Trinajstić information content (AvgIpc) is 3.10. The number of carbonyl (C=O) groups is 1. The molecule has 0 spiro atoms. The molecule has 2 aromatic carbocycles. The molecule has 0 radical (unpaired) electrons. The van der Waals surface area contributed by atoms with E-state index in [-0.39, 0.29) is 24.3 Å². The van der Waals surface area contributed by atoms with Gasteiger partial charge in [-0.3, -0.25) is 15.1 Å². The van der Waals surface area contributed by atoms with Gasteiger partial charge in [0.1, 0.15) is 11.5 Å². The van der Waals surface area contributed by atoms with Crippen LogP contribution in [0, 0.1) is 6.92 Å². The van der Waals surface area contributed by atoms with E-state index in [2.05, 4.69) is 10.4 Å². The first-order chi connectivity index (χ1) is 12.1. The second-order valence-corrected chi connectivity index (χ2v) is 5.99. The van der Waals surface area contributed by atoms with Gasteiger partial charge in [-0.2, -0.15) is 0 Å². The fraction of sp³-hybridized carbons (Fsp3) is 0.263. The van der Waals surface area contributed by atoms with Crippen LogP contribution in [0.1, 0.15) is 28.8 Å². The summed E-state index contributed by atoms with van der Waals surface area (Å²) in [5, 5.41) is 8.67. The van der Waals surface area contributed by atoms with Crippen LogP contribution in [0.4, 0.5) is 0 Å². The first kappa shape index (κ1) is 19.6. The number of para-hydroxylation sites is 1. The summed E-state index contributed by atoms with van der Waals surface area (Å²) in [5.41, 5.74) is 7.34. The van der Waals surface area contributed by atoms with Gasteiger partial charge in [0.2, 0.25) is 5.96 Å². The molecule has 26 heavy (non-hydrogen) atoms. The summed E-state index contributed by atoms with van der Waals surface area (Å²) < 4.78 is 5.83. The number of nitrogens with two attached hydrogens (primary N) is 1. The molecule has 1 aliphatic rings. The highest BCUT2D eigenvalue weighted by atomic mass is 35.5. The zero-order valence-corrected chi connectivity index (χ0v) is 15.5. The fourth-order valence-corrected chi connectivity index (χ4v) is 2.64. The summed E-state index contributed by atoms with van der Waals surface area (Å²) in [7, 11) is 0. The Hall–Kier alpha value is -2.73. The van der Waals surface area contributed by atoms with Crippen LogP contribution in [-0.4, -0.2) is 30.0 Å². The molecule has 0 unspecified atom stereocenters. The number of hydrogen-bond donors (Lipinski definition) is 2. The Morgan fingerprint density at radius 1 is 1.12 bits per heavy atom. The largest absolute Gasteiger partial charge is 0.457 e. The molecule has 3 rings (SSSR count). The van der Waals surface area contributed by atoms with E-state index in [0.717, 1.165) is 37.2 Å². The number of hydrogen-bond acceptors (Lipinski definition) is 4. The van der Waals surface area contributed by atoms with E-state index in [1.807, 2.05) is 36.2 Å². The quantitative estimate of drug-likeness (QED) is 0.635. The maximum atomic E-state index is 12.2.